The summed E-state index contributed by atoms with van der Waals surface area (Å²) in [5, 5.41) is 14.0. The average molecular weight is 336 g/mol. The summed E-state index contributed by atoms with van der Waals surface area (Å²) in [4.78, 5) is 24.4. The Labute approximate surface area is 146 Å². The molecule has 0 aliphatic rings. The quantitative estimate of drug-likeness (QED) is 0.535. The first kappa shape index (κ1) is 18.2. The van der Waals surface area contributed by atoms with E-state index < -0.39 is 5.91 Å². The molecule has 2 aromatic carbocycles. The van der Waals surface area contributed by atoms with E-state index in [1.165, 1.54) is 6.08 Å². The van der Waals surface area contributed by atoms with Crippen LogP contribution in [0.2, 0.25) is 0 Å². The van der Waals surface area contributed by atoms with E-state index in [0.29, 0.717) is 5.56 Å². The van der Waals surface area contributed by atoms with Crippen molar-refractivity contribution in [3.05, 3.63) is 89.6 Å². The topological polar surface area (TPSA) is 78.4 Å². The van der Waals surface area contributed by atoms with Gasteiger partial charge < -0.3 is 15.7 Å². The minimum absolute atomic E-state index is 0.106. The van der Waals surface area contributed by atoms with E-state index in [4.69, 9.17) is 5.11 Å². The molecule has 0 fully saturated rings. The highest BCUT2D eigenvalue weighted by Gasteiger charge is 2.13. The molecule has 0 aliphatic carbocycles. The van der Waals surface area contributed by atoms with Crippen LogP contribution < -0.4 is 10.6 Å². The molecule has 0 unspecified atom stereocenters. The summed E-state index contributed by atoms with van der Waals surface area (Å²) in [5.41, 5.74) is 1.54. The maximum absolute atomic E-state index is 12.3. The highest BCUT2D eigenvalue weighted by molar-refractivity contribution is 6.03. The zero-order valence-corrected chi connectivity index (χ0v) is 13.7. The van der Waals surface area contributed by atoms with Crippen LogP contribution in [0.4, 0.5) is 0 Å². The molecule has 0 radical (unpaired) electrons. The molecule has 0 spiro atoms. The zero-order valence-electron chi connectivity index (χ0n) is 13.7. The number of nitrogens with one attached hydrogen (secondary N) is 2. The molecule has 25 heavy (non-hydrogen) atoms. The van der Waals surface area contributed by atoms with Gasteiger partial charge in [0.15, 0.2) is 0 Å². The molecule has 0 aliphatic heterocycles. The summed E-state index contributed by atoms with van der Waals surface area (Å²) in [5.74, 6) is -0.838. The molecule has 0 bridgehead atoms. The number of rotatable bonds is 7. The van der Waals surface area contributed by atoms with Gasteiger partial charge in [-0.25, -0.2) is 0 Å². The molecule has 0 saturated heterocycles. The molecule has 128 valence electrons. The summed E-state index contributed by atoms with van der Waals surface area (Å²) in [6, 6.07) is 18.2. The van der Waals surface area contributed by atoms with E-state index in [2.05, 4.69) is 10.6 Å². The second kappa shape index (κ2) is 9.85. The SMILES string of the molecule is O=C(NCCO)/C(=C\C=C\c1ccccc1)NC(=O)c1ccccc1. The van der Waals surface area contributed by atoms with Crippen LogP contribution in [0.15, 0.2) is 78.5 Å². The third-order valence-corrected chi connectivity index (χ3v) is 3.28. The van der Waals surface area contributed by atoms with Crippen molar-refractivity contribution in [2.45, 2.75) is 0 Å². The smallest absolute Gasteiger partial charge is 0.267 e. The fourth-order valence-corrected chi connectivity index (χ4v) is 2.04. The first-order chi connectivity index (χ1) is 12.2. The molecule has 5 nitrogen and oxygen atoms in total. The predicted molar refractivity (Wildman–Crippen MR) is 97.6 cm³/mol. The predicted octanol–water partition coefficient (Wildman–Crippen LogP) is 2.12. The summed E-state index contributed by atoms with van der Waals surface area (Å²) in [6.45, 7) is -0.0642. The van der Waals surface area contributed by atoms with E-state index in [0.717, 1.165) is 5.56 Å². The van der Waals surface area contributed by atoms with Crippen molar-refractivity contribution in [3.8, 4) is 0 Å². The number of benzene rings is 2. The van der Waals surface area contributed by atoms with Crippen LogP contribution in [0.5, 0.6) is 0 Å². The van der Waals surface area contributed by atoms with Gasteiger partial charge in [0.25, 0.3) is 11.8 Å². The third-order valence-electron chi connectivity index (χ3n) is 3.28. The van der Waals surface area contributed by atoms with Crippen LogP contribution in [-0.2, 0) is 4.79 Å². The van der Waals surface area contributed by atoms with Gasteiger partial charge in [-0.2, -0.15) is 0 Å². The Balaban J connectivity index is 2.14. The Morgan fingerprint density at radius 1 is 0.960 bits per heavy atom. The monoisotopic (exact) mass is 336 g/mol. The Kier molecular flexibility index (Phi) is 7.15. The van der Waals surface area contributed by atoms with Crippen molar-refractivity contribution in [3.63, 3.8) is 0 Å². The number of aliphatic hydroxyl groups excluding tert-OH is 1. The minimum atomic E-state index is -0.462. The van der Waals surface area contributed by atoms with Gasteiger partial charge in [-0.3, -0.25) is 9.59 Å². The van der Waals surface area contributed by atoms with Crippen LogP contribution in [0, 0.1) is 0 Å². The largest absolute Gasteiger partial charge is 0.395 e. The standard InChI is InChI=1S/C20H20N2O3/c23-15-14-21-20(25)18(13-7-10-16-8-3-1-4-9-16)22-19(24)17-11-5-2-6-12-17/h1-13,23H,14-15H2,(H,21,25)(H,22,24)/b10-7+,18-13+. The van der Waals surface area contributed by atoms with Crippen LogP contribution >= 0.6 is 0 Å². The Hall–Kier alpha value is -3.18. The Morgan fingerprint density at radius 3 is 2.24 bits per heavy atom. The van der Waals surface area contributed by atoms with Crippen LogP contribution in [-0.4, -0.2) is 30.1 Å². The van der Waals surface area contributed by atoms with Gasteiger partial charge in [-0.1, -0.05) is 60.7 Å². The molecule has 0 aromatic heterocycles. The number of allylic oxidation sites excluding steroid dienone is 2. The molecule has 0 saturated carbocycles. The fraction of sp³-hybridized carbons (Fsp3) is 0.100. The number of carbonyl (C=O) groups excluding carboxylic acids is 2. The first-order valence-electron chi connectivity index (χ1n) is 7.89. The molecule has 2 amide bonds. The molecule has 5 heteroatoms. The van der Waals surface area contributed by atoms with E-state index in [9.17, 15) is 9.59 Å². The lowest BCUT2D eigenvalue weighted by atomic mass is 10.2. The van der Waals surface area contributed by atoms with Gasteiger partial charge in [-0.05, 0) is 23.8 Å². The van der Waals surface area contributed by atoms with E-state index in [1.54, 1.807) is 30.3 Å². The first-order valence-corrected chi connectivity index (χ1v) is 7.89. The van der Waals surface area contributed by atoms with Crippen molar-refractivity contribution in [2.24, 2.45) is 0 Å². The lowest BCUT2D eigenvalue weighted by molar-refractivity contribution is -0.117. The highest BCUT2D eigenvalue weighted by Crippen LogP contribution is 2.04. The van der Waals surface area contributed by atoms with E-state index in [-0.39, 0.29) is 24.8 Å². The molecule has 3 N–H and O–H groups in total. The molecular weight excluding hydrogens is 316 g/mol. The molecule has 0 heterocycles. The van der Waals surface area contributed by atoms with Crippen molar-refractivity contribution in [1.82, 2.24) is 10.6 Å². The Bertz CT molecular complexity index is 753. The van der Waals surface area contributed by atoms with Gasteiger partial charge in [0.05, 0.1) is 6.61 Å². The van der Waals surface area contributed by atoms with Gasteiger partial charge >= 0.3 is 0 Å². The molecule has 2 aromatic rings. The molecular formula is C20H20N2O3. The summed E-state index contributed by atoms with van der Waals surface area (Å²) >= 11 is 0. The third kappa shape index (κ3) is 6.08. The maximum atomic E-state index is 12.3. The van der Waals surface area contributed by atoms with Crippen molar-refractivity contribution >= 4 is 17.9 Å². The van der Waals surface area contributed by atoms with Crippen LogP contribution in [0.1, 0.15) is 15.9 Å². The number of hydrogen-bond donors (Lipinski definition) is 3. The summed E-state index contributed by atoms with van der Waals surface area (Å²) in [7, 11) is 0. The number of aliphatic hydroxyl groups is 1. The van der Waals surface area contributed by atoms with Gasteiger partial charge in [0.1, 0.15) is 5.70 Å². The van der Waals surface area contributed by atoms with Crippen molar-refractivity contribution in [1.29, 1.82) is 0 Å². The molecule has 0 atom stereocenters. The second-order valence-corrected chi connectivity index (χ2v) is 5.15. The van der Waals surface area contributed by atoms with Crippen molar-refractivity contribution < 1.29 is 14.7 Å². The molecule has 2 rings (SSSR count). The summed E-state index contributed by atoms with van der Waals surface area (Å²) < 4.78 is 0. The average Bonchev–Trinajstić information content (AvgIpc) is 2.66. The van der Waals surface area contributed by atoms with E-state index >= 15 is 0 Å². The number of hydrogen-bond acceptors (Lipinski definition) is 3. The van der Waals surface area contributed by atoms with Gasteiger partial charge in [0.2, 0.25) is 0 Å². The van der Waals surface area contributed by atoms with Crippen molar-refractivity contribution in [2.75, 3.05) is 13.2 Å². The lowest BCUT2D eigenvalue weighted by Crippen LogP contribution is -2.36. The Morgan fingerprint density at radius 2 is 1.60 bits per heavy atom. The van der Waals surface area contributed by atoms with Crippen LogP contribution in [0.25, 0.3) is 6.08 Å². The zero-order chi connectivity index (χ0) is 17.9. The lowest BCUT2D eigenvalue weighted by Gasteiger charge is -2.09. The van der Waals surface area contributed by atoms with Gasteiger partial charge in [0, 0.05) is 12.1 Å². The minimum Gasteiger partial charge on any atom is -0.395 e. The second-order valence-electron chi connectivity index (χ2n) is 5.15. The maximum Gasteiger partial charge on any atom is 0.267 e. The highest BCUT2D eigenvalue weighted by atomic mass is 16.3. The van der Waals surface area contributed by atoms with Gasteiger partial charge in [-0.15, -0.1) is 0 Å². The van der Waals surface area contributed by atoms with Crippen LogP contribution in [0.3, 0.4) is 0 Å². The normalized spacial score (nSPS) is 11.3. The fourth-order valence-electron chi connectivity index (χ4n) is 2.04. The number of carbonyl (C=O) groups is 2. The van der Waals surface area contributed by atoms with E-state index in [1.807, 2.05) is 42.5 Å². The number of amides is 2. The summed E-state index contributed by atoms with van der Waals surface area (Å²) in [6.07, 6.45) is 5.04.